The first-order valence-corrected chi connectivity index (χ1v) is 14.8. The molecule has 10 heterocycles. The van der Waals surface area contributed by atoms with Crippen LogP contribution in [0.1, 0.15) is 11.7 Å². The van der Waals surface area contributed by atoms with Crippen molar-refractivity contribution in [2.24, 2.45) is 0 Å². The van der Waals surface area contributed by atoms with Crippen molar-refractivity contribution < 1.29 is 16.4 Å². The third kappa shape index (κ3) is 0.109. The molecular formula is C18H18FeO2. The molecule has 2 nitrogen and oxygen atoms in total. The van der Waals surface area contributed by atoms with Crippen LogP contribution >= 0.6 is 0 Å². The van der Waals surface area contributed by atoms with Crippen molar-refractivity contribution in [3.8, 4) is 5.75 Å². The number of aliphatic hydroxyl groups is 1. The second kappa shape index (κ2) is 0.797. The van der Waals surface area contributed by atoms with Crippen LogP contribution in [0.5, 0.6) is 5.75 Å². The first-order valence-electron chi connectivity index (χ1n) is 8.53. The van der Waals surface area contributed by atoms with Gasteiger partial charge in [-0.15, -0.1) is 0 Å². The van der Waals surface area contributed by atoms with Crippen LogP contribution in [-0.4, -0.2) is 12.2 Å². The van der Waals surface area contributed by atoms with Gasteiger partial charge in [0.25, 0.3) is 0 Å². The van der Waals surface area contributed by atoms with Crippen molar-refractivity contribution in [3.63, 3.8) is 0 Å². The molecule has 0 amide bonds. The van der Waals surface area contributed by atoms with Crippen molar-refractivity contribution in [1.29, 1.82) is 0 Å². The van der Waals surface area contributed by atoms with Crippen LogP contribution in [0.2, 0.25) is 47.7 Å². The van der Waals surface area contributed by atoms with Crippen molar-refractivity contribution in [1.82, 2.24) is 0 Å². The molecule has 0 aromatic heterocycles. The average molecular weight is 322 g/mol. The Kier molecular flexibility index (Phi) is 0.318. The molecule has 1 aromatic carbocycles. The molecule has 10 aliphatic heterocycles. The van der Waals surface area contributed by atoms with Gasteiger partial charge in [0.05, 0.1) is 0 Å². The van der Waals surface area contributed by atoms with E-state index in [0.29, 0.717) is 4.31 Å². The van der Waals surface area contributed by atoms with Gasteiger partial charge in [-0.3, -0.25) is 0 Å². The molecule has 3 heteroatoms. The van der Waals surface area contributed by atoms with E-state index in [2.05, 4.69) is 12.1 Å². The summed E-state index contributed by atoms with van der Waals surface area (Å²) in [4.78, 5) is 11.4. The van der Waals surface area contributed by atoms with Gasteiger partial charge in [-0.2, -0.15) is 0 Å². The fourth-order valence-electron chi connectivity index (χ4n) is 18.2. The first-order chi connectivity index (χ1) is 9.99. The topological polar surface area (TPSA) is 29.5 Å². The van der Waals surface area contributed by atoms with Crippen LogP contribution in [-0.2, 0) is 6.51 Å². The Hall–Kier alpha value is -0.501. The van der Waals surface area contributed by atoms with Crippen LogP contribution in [0.25, 0.3) is 0 Å². The number of ether oxygens (including phenoxy) is 1. The number of hydrogen-bond acceptors (Lipinski definition) is 2. The van der Waals surface area contributed by atoms with E-state index in [9.17, 15) is 5.11 Å². The summed E-state index contributed by atoms with van der Waals surface area (Å²) in [5.41, 5.74) is 1.21. The van der Waals surface area contributed by atoms with Crippen molar-refractivity contribution in [3.05, 3.63) is 29.8 Å². The SMILES string of the molecule is COc1ccc(C(O)[C]23[CH]4[CH]5[CH]6[CH]2[Fe]56432789[CH]3[CH]2[CH]7[CH]8[CH]39)cc1. The van der Waals surface area contributed by atoms with Gasteiger partial charge in [0.2, 0.25) is 0 Å². The summed E-state index contributed by atoms with van der Waals surface area (Å²) in [5.74, 6) is 0.913. The average Bonchev–Trinajstić information content (AvgIpc) is 3.47. The van der Waals surface area contributed by atoms with Gasteiger partial charge in [0.15, 0.2) is 0 Å². The fraction of sp³-hybridized carbons (Fsp3) is 0.667. The Morgan fingerprint density at radius 1 is 0.952 bits per heavy atom. The molecule has 0 aliphatic carbocycles. The second-order valence-corrected chi connectivity index (χ2v) is 35.5. The van der Waals surface area contributed by atoms with Crippen LogP contribution in [0.3, 0.4) is 0 Å². The Bertz CT molecular complexity index is 1140. The summed E-state index contributed by atoms with van der Waals surface area (Å²) in [6, 6.07) is 8.39. The van der Waals surface area contributed by atoms with E-state index in [1.165, 1.54) is 39.3 Å². The van der Waals surface area contributed by atoms with E-state index in [1.807, 2.05) is 12.1 Å². The molecule has 5 unspecified atom stereocenters. The zero-order valence-corrected chi connectivity index (χ0v) is 12.9. The number of rotatable bonds is 3. The summed E-state index contributed by atoms with van der Waals surface area (Å²) in [6.45, 7) is -3.15. The molecule has 10 saturated heterocycles. The van der Waals surface area contributed by atoms with Gasteiger partial charge in [0, 0.05) is 0 Å². The summed E-state index contributed by atoms with van der Waals surface area (Å²) < 4.78 is 5.85. The minimum atomic E-state index is -3.15. The quantitative estimate of drug-likeness (QED) is 0.831. The molecule has 0 saturated carbocycles. The standard InChI is InChI=1S/C13H13O2.C5H5.Fe/c1-15-12-8-6-11(7-9-12)13(14)10-4-2-3-5-10;1-2-4-5-3-1;/h2-9,13-14H,1H3;1-5H;. The number of methoxy groups -OCH3 is 1. The maximum absolute atomic E-state index is 11.5. The third-order valence-corrected chi connectivity index (χ3v) is 59.3. The van der Waals surface area contributed by atoms with Gasteiger partial charge in [0.1, 0.15) is 0 Å². The monoisotopic (exact) mass is 322 g/mol. The molecule has 10 aliphatic rings. The van der Waals surface area contributed by atoms with Crippen LogP contribution in [0.15, 0.2) is 24.3 Å². The van der Waals surface area contributed by atoms with Crippen molar-refractivity contribution in [2.75, 3.05) is 7.11 Å². The van der Waals surface area contributed by atoms with Crippen molar-refractivity contribution in [2.45, 2.75) is 53.8 Å². The minimum absolute atomic E-state index is 0.0996. The van der Waals surface area contributed by atoms with Crippen molar-refractivity contribution >= 4 is 0 Å². The predicted octanol–water partition coefficient (Wildman–Crippen LogP) is 4.49. The summed E-state index contributed by atoms with van der Waals surface area (Å²) in [7, 11) is 1.72. The Balaban J connectivity index is 1.29. The number of fused-ring (bicyclic) bond motifs is 10. The van der Waals surface area contributed by atoms with E-state index < -0.39 is 6.51 Å². The Morgan fingerprint density at radius 3 is 1.81 bits per heavy atom. The molecule has 0 radical (unpaired) electrons. The molecule has 1 spiro atoms. The molecule has 110 valence electrons. The Morgan fingerprint density at radius 2 is 1.48 bits per heavy atom. The number of aliphatic hydroxyl groups excluding tert-OH is 1. The number of benzene rings is 1. The molecular weight excluding hydrogens is 304 g/mol. The summed E-state index contributed by atoms with van der Waals surface area (Å²) in [6.07, 6.45) is -0.0996. The van der Waals surface area contributed by atoms with Gasteiger partial charge < -0.3 is 0 Å². The fourth-order valence-corrected chi connectivity index (χ4v) is 92.8. The number of hydrogen-bond donors (Lipinski definition) is 1. The molecule has 0 bridgehead atoms. The van der Waals surface area contributed by atoms with Gasteiger partial charge in [-0.05, 0) is 0 Å². The normalized spacial score (nSPS) is 100. The van der Waals surface area contributed by atoms with Gasteiger partial charge in [-0.1, -0.05) is 0 Å². The predicted molar refractivity (Wildman–Crippen MR) is 74.4 cm³/mol. The maximum atomic E-state index is 11.5. The first kappa shape index (κ1) is 8.38. The summed E-state index contributed by atoms with van der Waals surface area (Å²) in [5, 5.41) is 11.5. The van der Waals surface area contributed by atoms with Gasteiger partial charge in [-0.25, -0.2) is 0 Å². The van der Waals surface area contributed by atoms with Crippen LogP contribution < -0.4 is 4.74 Å². The second-order valence-electron chi connectivity index (χ2n) is 11.9. The van der Waals surface area contributed by atoms with Crippen LogP contribution in [0.4, 0.5) is 0 Å². The van der Waals surface area contributed by atoms with Gasteiger partial charge >= 0.3 is 113 Å². The molecule has 11 rings (SSSR count). The molecule has 10 fully saturated rings. The van der Waals surface area contributed by atoms with E-state index >= 15 is 0 Å². The van der Waals surface area contributed by atoms with Crippen LogP contribution in [0, 0.1) is 0 Å². The van der Waals surface area contributed by atoms with E-state index in [-0.39, 0.29) is 6.10 Å². The molecule has 1 aromatic rings. The van der Waals surface area contributed by atoms with E-state index in [4.69, 9.17) is 4.74 Å². The van der Waals surface area contributed by atoms with E-state index in [0.717, 1.165) is 15.4 Å². The third-order valence-electron chi connectivity index (χ3n) is 16.6. The zero-order chi connectivity index (χ0) is 13.3. The van der Waals surface area contributed by atoms with E-state index in [1.54, 1.807) is 7.11 Å². The summed E-state index contributed by atoms with van der Waals surface area (Å²) >= 11 is 0. The zero-order valence-electron chi connectivity index (χ0n) is 11.8. The Labute approximate surface area is 113 Å². The molecule has 1 N–H and O–H groups in total. The molecule has 5 atom stereocenters. The molecule has 21 heavy (non-hydrogen) atoms.